The molecule has 0 amide bonds. The molecule has 0 spiro atoms. The van der Waals surface area contributed by atoms with Gasteiger partial charge in [0.1, 0.15) is 32.6 Å². The first-order valence-electron chi connectivity index (χ1n) is 8.50. The molecule has 0 aliphatic heterocycles. The van der Waals surface area contributed by atoms with Gasteiger partial charge >= 0.3 is 0 Å². The van der Waals surface area contributed by atoms with Gasteiger partial charge in [-0.3, -0.25) is 0 Å². The first kappa shape index (κ1) is 19.0. The van der Waals surface area contributed by atoms with Crippen molar-refractivity contribution < 1.29 is 4.39 Å². The number of fused-ring (bicyclic) bond motifs is 1. The minimum absolute atomic E-state index is 0.316. The quantitative estimate of drug-likeness (QED) is 0.317. The van der Waals surface area contributed by atoms with Crippen LogP contribution in [-0.4, -0.2) is 17.0 Å². The maximum Gasteiger partial charge on any atom is 0.191 e. The number of aryl methyl sites for hydroxylation is 1. The van der Waals surface area contributed by atoms with Crippen molar-refractivity contribution in [2.24, 2.45) is 0 Å². The number of hydrogen-bond acceptors (Lipinski definition) is 6. The number of nitrogens with zero attached hydrogens (tertiary/aromatic N) is 4. The fraction of sp³-hybridized carbons (Fsp3) is 0.150. The fourth-order valence-corrected chi connectivity index (χ4v) is 5.28. The van der Waals surface area contributed by atoms with Gasteiger partial charge in [0.15, 0.2) is 5.13 Å². The Balaban J connectivity index is 1.84. The number of nitriles is 1. The van der Waals surface area contributed by atoms with Gasteiger partial charge in [0, 0.05) is 17.5 Å². The van der Waals surface area contributed by atoms with Crippen molar-refractivity contribution in [3.05, 3.63) is 56.6 Å². The van der Waals surface area contributed by atoms with Gasteiger partial charge in [0.25, 0.3) is 0 Å². The molecule has 4 rings (SSSR count). The lowest BCUT2D eigenvalue weighted by atomic mass is 10.1. The lowest BCUT2D eigenvalue weighted by Gasteiger charge is -2.16. The maximum absolute atomic E-state index is 13.3. The van der Waals surface area contributed by atoms with Crippen LogP contribution >= 0.6 is 38.6 Å². The van der Waals surface area contributed by atoms with E-state index >= 15 is 0 Å². The second-order valence-corrected chi connectivity index (χ2v) is 8.99. The lowest BCUT2D eigenvalue weighted by Crippen LogP contribution is -2.10. The summed E-state index contributed by atoms with van der Waals surface area (Å²) in [4.78, 5) is 13.1. The van der Waals surface area contributed by atoms with Crippen LogP contribution in [-0.2, 0) is 6.42 Å². The van der Waals surface area contributed by atoms with Crippen LogP contribution in [0.1, 0.15) is 16.7 Å². The second kappa shape index (κ2) is 7.59. The molecule has 0 bridgehead atoms. The van der Waals surface area contributed by atoms with Gasteiger partial charge in [-0.25, -0.2) is 14.4 Å². The molecule has 0 N–H and O–H groups in total. The topological polar surface area (TPSA) is 52.8 Å². The number of hydrogen-bond donors (Lipinski definition) is 0. The molecule has 4 nitrogen and oxygen atoms in total. The molecule has 0 radical (unpaired) electrons. The number of thiophene rings is 1. The van der Waals surface area contributed by atoms with E-state index in [1.54, 1.807) is 23.5 Å². The van der Waals surface area contributed by atoms with Gasteiger partial charge in [0.05, 0.1) is 10.4 Å². The smallest absolute Gasteiger partial charge is 0.191 e. The van der Waals surface area contributed by atoms with Crippen molar-refractivity contribution in [2.75, 3.05) is 11.9 Å². The molecule has 0 fully saturated rings. The average Bonchev–Trinajstić information content (AvgIpc) is 3.29. The van der Waals surface area contributed by atoms with Crippen molar-refractivity contribution in [3.8, 4) is 17.3 Å². The third-order valence-electron chi connectivity index (χ3n) is 4.32. The molecule has 8 heteroatoms. The molecule has 140 valence electrons. The van der Waals surface area contributed by atoms with E-state index in [0.29, 0.717) is 15.7 Å². The van der Waals surface area contributed by atoms with Gasteiger partial charge in [-0.2, -0.15) is 5.26 Å². The van der Waals surface area contributed by atoms with Crippen molar-refractivity contribution in [1.82, 2.24) is 9.97 Å². The number of halogens is 2. The van der Waals surface area contributed by atoms with E-state index in [9.17, 15) is 9.65 Å². The van der Waals surface area contributed by atoms with E-state index in [4.69, 9.17) is 4.98 Å². The summed E-state index contributed by atoms with van der Waals surface area (Å²) in [6.45, 7) is 2.11. The fourth-order valence-electron chi connectivity index (χ4n) is 3.00. The Morgan fingerprint density at radius 3 is 2.57 bits per heavy atom. The largest absolute Gasteiger partial charge is 0.318 e. The van der Waals surface area contributed by atoms with E-state index in [0.717, 1.165) is 32.5 Å². The molecule has 0 aliphatic carbocycles. The van der Waals surface area contributed by atoms with E-state index in [1.165, 1.54) is 28.3 Å². The number of benzene rings is 1. The molecule has 1 aromatic carbocycles. The van der Waals surface area contributed by atoms with Crippen LogP contribution in [0.3, 0.4) is 0 Å². The standard InChI is InChI=1S/C20H14BrFN4S2/c1-3-13-19(18-14(27-13)8-9-16(21)24-18)26(2)20-25-17(15(10-23)28-20)11-4-6-12(22)7-5-11/h4-9H,3H2,1-2H3. The predicted octanol–water partition coefficient (Wildman–Crippen LogP) is 6.52. The summed E-state index contributed by atoms with van der Waals surface area (Å²) in [7, 11) is 1.94. The summed E-state index contributed by atoms with van der Waals surface area (Å²) < 4.78 is 15.2. The summed E-state index contributed by atoms with van der Waals surface area (Å²) in [6.07, 6.45) is 0.875. The summed E-state index contributed by atoms with van der Waals surface area (Å²) in [6, 6.07) is 12.3. The normalized spacial score (nSPS) is 11.0. The maximum atomic E-state index is 13.3. The van der Waals surface area contributed by atoms with Crippen LogP contribution in [0.25, 0.3) is 21.5 Å². The van der Waals surface area contributed by atoms with E-state index in [-0.39, 0.29) is 5.82 Å². The Kier molecular flexibility index (Phi) is 5.15. The van der Waals surface area contributed by atoms with Crippen molar-refractivity contribution >= 4 is 59.6 Å². The number of thiazole rings is 1. The van der Waals surface area contributed by atoms with Crippen LogP contribution in [0, 0.1) is 17.1 Å². The highest BCUT2D eigenvalue weighted by Crippen LogP contribution is 2.43. The zero-order chi connectivity index (χ0) is 19.8. The summed E-state index contributed by atoms with van der Waals surface area (Å²) >= 11 is 6.49. The van der Waals surface area contributed by atoms with E-state index in [2.05, 4.69) is 40.0 Å². The molecule has 3 aromatic heterocycles. The van der Waals surface area contributed by atoms with Crippen LogP contribution in [0.4, 0.5) is 15.2 Å². The molecule has 0 aliphatic rings. The number of rotatable bonds is 4. The first-order chi connectivity index (χ1) is 13.5. The molecular formula is C20H14BrFN4S2. The SMILES string of the molecule is CCc1sc2ccc(Br)nc2c1N(C)c1nc(-c2ccc(F)cc2)c(C#N)s1. The molecule has 4 aromatic rings. The highest BCUT2D eigenvalue weighted by atomic mass is 79.9. The van der Waals surface area contributed by atoms with Gasteiger partial charge in [-0.05, 0) is 58.7 Å². The average molecular weight is 473 g/mol. The predicted molar refractivity (Wildman–Crippen MR) is 117 cm³/mol. The van der Waals surface area contributed by atoms with Crippen molar-refractivity contribution in [2.45, 2.75) is 13.3 Å². The molecule has 0 unspecified atom stereocenters. The van der Waals surface area contributed by atoms with Crippen LogP contribution in [0.2, 0.25) is 0 Å². The van der Waals surface area contributed by atoms with Crippen LogP contribution in [0.15, 0.2) is 41.0 Å². The third kappa shape index (κ3) is 3.30. The lowest BCUT2D eigenvalue weighted by molar-refractivity contribution is 0.628. The molecule has 0 saturated heterocycles. The zero-order valence-electron chi connectivity index (χ0n) is 15.0. The minimum Gasteiger partial charge on any atom is -0.318 e. The first-order valence-corrected chi connectivity index (χ1v) is 10.9. The Morgan fingerprint density at radius 1 is 1.14 bits per heavy atom. The van der Waals surface area contributed by atoms with Crippen LogP contribution < -0.4 is 4.90 Å². The van der Waals surface area contributed by atoms with Crippen molar-refractivity contribution in [1.29, 1.82) is 5.26 Å². The number of aromatic nitrogens is 2. The van der Waals surface area contributed by atoms with Gasteiger partial charge < -0.3 is 4.90 Å². The monoisotopic (exact) mass is 472 g/mol. The zero-order valence-corrected chi connectivity index (χ0v) is 18.3. The molecule has 3 heterocycles. The second-order valence-electron chi connectivity index (χ2n) is 6.06. The van der Waals surface area contributed by atoms with Gasteiger partial charge in [-0.1, -0.05) is 18.3 Å². The Bertz CT molecular complexity index is 1210. The summed E-state index contributed by atoms with van der Waals surface area (Å²) in [5.74, 6) is -0.316. The Labute approximate surface area is 178 Å². The summed E-state index contributed by atoms with van der Waals surface area (Å²) in [5.41, 5.74) is 3.21. The molecule has 0 atom stereocenters. The third-order valence-corrected chi connectivity index (χ3v) is 7.08. The van der Waals surface area contributed by atoms with Gasteiger partial charge in [-0.15, -0.1) is 11.3 Å². The highest BCUT2D eigenvalue weighted by molar-refractivity contribution is 9.10. The summed E-state index contributed by atoms with van der Waals surface area (Å²) in [5, 5.41) is 10.3. The van der Waals surface area contributed by atoms with Crippen LogP contribution in [0.5, 0.6) is 0 Å². The number of pyridine rings is 1. The highest BCUT2D eigenvalue weighted by Gasteiger charge is 2.22. The Hall–Kier alpha value is -2.34. The van der Waals surface area contributed by atoms with Gasteiger partial charge in [0.2, 0.25) is 0 Å². The van der Waals surface area contributed by atoms with E-state index in [1.807, 2.05) is 18.0 Å². The van der Waals surface area contributed by atoms with E-state index < -0.39 is 0 Å². The minimum atomic E-state index is -0.316. The Morgan fingerprint density at radius 2 is 1.89 bits per heavy atom. The number of anilines is 2. The molecule has 0 saturated carbocycles. The molecular weight excluding hydrogens is 459 g/mol. The molecule has 28 heavy (non-hydrogen) atoms. The van der Waals surface area contributed by atoms with Crippen molar-refractivity contribution in [3.63, 3.8) is 0 Å².